The lowest BCUT2D eigenvalue weighted by atomic mass is 10.0. The number of nitrogens with zero attached hydrogens (tertiary/aromatic N) is 5. The second-order valence-electron chi connectivity index (χ2n) is 12.5. The monoisotopic (exact) mass is 647 g/mol. The van der Waals surface area contributed by atoms with Gasteiger partial charge in [0.25, 0.3) is 0 Å². The third-order valence-corrected chi connectivity index (χ3v) is 9.32. The Hall–Kier alpha value is -6.33. The highest BCUT2D eigenvalue weighted by Gasteiger charge is 2.14. The fourth-order valence-corrected chi connectivity index (χ4v) is 6.85. The summed E-state index contributed by atoms with van der Waals surface area (Å²) in [7, 11) is 0. The van der Waals surface area contributed by atoms with E-state index >= 15 is 0 Å². The van der Waals surface area contributed by atoms with Gasteiger partial charge in [0.1, 0.15) is 6.67 Å². The molecule has 5 heteroatoms. The van der Waals surface area contributed by atoms with Crippen LogP contribution in [0.4, 0.5) is 0 Å². The maximum Gasteiger partial charge on any atom is 0.160 e. The van der Waals surface area contributed by atoms with E-state index in [0.29, 0.717) is 18.3 Å². The standard InChI is InChI=1S/C45H37N5/c1-46-44(34-17-5-2-6-18-34)48-45(35-19-7-3-8-20-35)47-32-50-42-27-14-12-25-39(42)40-29-28-33(30-43(40)50)16-15-21-36-31-49(37-22-9-4-10-23-37)41-26-13-11-24-38(36)41/h2-7,9-15,17-19,21-31H,1,8,16,20,32H2/b21-15-,47-45-,48-44?. The summed E-state index contributed by atoms with van der Waals surface area (Å²) >= 11 is 0. The molecule has 0 saturated carbocycles. The van der Waals surface area contributed by atoms with Crippen LogP contribution >= 0.6 is 0 Å². The number of benzene rings is 5. The normalized spacial score (nSPS) is 13.9. The van der Waals surface area contributed by atoms with Crippen molar-refractivity contribution in [2.45, 2.75) is 25.9 Å². The van der Waals surface area contributed by atoms with Crippen molar-refractivity contribution >= 4 is 57.2 Å². The van der Waals surface area contributed by atoms with E-state index in [1.165, 1.54) is 32.8 Å². The molecule has 0 unspecified atom stereocenters. The molecule has 1 aliphatic carbocycles. The first-order chi connectivity index (χ1) is 24.8. The fraction of sp³-hybridized carbons (Fsp3) is 0.0889. The predicted molar refractivity (Wildman–Crippen MR) is 212 cm³/mol. The van der Waals surface area contributed by atoms with Crippen LogP contribution in [0, 0.1) is 0 Å². The van der Waals surface area contributed by atoms with E-state index in [-0.39, 0.29) is 0 Å². The molecule has 0 N–H and O–H groups in total. The largest absolute Gasteiger partial charge is 0.320 e. The van der Waals surface area contributed by atoms with E-state index in [2.05, 4.69) is 154 Å². The molecule has 0 aliphatic heterocycles. The van der Waals surface area contributed by atoms with Crippen molar-refractivity contribution in [2.24, 2.45) is 15.0 Å². The van der Waals surface area contributed by atoms with Crippen LogP contribution in [0.2, 0.25) is 0 Å². The quantitative estimate of drug-likeness (QED) is 0.116. The Morgan fingerprint density at radius 3 is 2.22 bits per heavy atom. The van der Waals surface area contributed by atoms with Gasteiger partial charge in [-0.25, -0.2) is 15.0 Å². The maximum atomic E-state index is 5.18. The highest BCUT2D eigenvalue weighted by Crippen LogP contribution is 2.31. The molecular formula is C45H37N5. The molecule has 0 radical (unpaired) electrons. The highest BCUT2D eigenvalue weighted by atomic mass is 15.1. The van der Waals surface area contributed by atoms with E-state index in [1.54, 1.807) is 0 Å². The van der Waals surface area contributed by atoms with E-state index < -0.39 is 0 Å². The predicted octanol–water partition coefficient (Wildman–Crippen LogP) is 10.8. The smallest absolute Gasteiger partial charge is 0.160 e. The summed E-state index contributed by atoms with van der Waals surface area (Å²) in [6, 6.07) is 44.5. The number of aliphatic imine (C=N–C) groups is 3. The lowest BCUT2D eigenvalue weighted by Crippen LogP contribution is -2.09. The molecule has 1 aliphatic rings. The van der Waals surface area contributed by atoms with Gasteiger partial charge in [0, 0.05) is 39.2 Å². The molecule has 0 saturated heterocycles. The summed E-state index contributed by atoms with van der Waals surface area (Å²) in [5, 5.41) is 3.68. The summed E-state index contributed by atoms with van der Waals surface area (Å²) < 4.78 is 4.58. The summed E-state index contributed by atoms with van der Waals surface area (Å²) in [5.41, 5.74) is 9.14. The first-order valence-electron chi connectivity index (χ1n) is 17.1. The molecule has 5 nitrogen and oxygen atoms in total. The van der Waals surface area contributed by atoms with Crippen molar-refractivity contribution < 1.29 is 0 Å². The lowest BCUT2D eigenvalue weighted by Gasteiger charge is -2.12. The molecule has 0 bridgehead atoms. The molecule has 0 fully saturated rings. The van der Waals surface area contributed by atoms with Gasteiger partial charge in [-0.15, -0.1) is 0 Å². The van der Waals surface area contributed by atoms with Crippen LogP contribution in [-0.2, 0) is 13.1 Å². The van der Waals surface area contributed by atoms with Crippen LogP contribution in [-0.4, -0.2) is 27.5 Å². The summed E-state index contributed by atoms with van der Waals surface area (Å²) in [4.78, 5) is 14.5. The van der Waals surface area contributed by atoms with E-state index in [1.807, 2.05) is 30.3 Å². The summed E-state index contributed by atoms with van der Waals surface area (Å²) in [6.07, 6.45) is 15.8. The first kappa shape index (κ1) is 31.0. The number of rotatable bonds is 8. The lowest BCUT2D eigenvalue weighted by molar-refractivity contribution is 0.788. The Morgan fingerprint density at radius 2 is 1.44 bits per heavy atom. The van der Waals surface area contributed by atoms with Gasteiger partial charge in [-0.2, -0.15) is 0 Å². The fourth-order valence-electron chi connectivity index (χ4n) is 6.85. The van der Waals surface area contributed by atoms with Gasteiger partial charge in [0.2, 0.25) is 0 Å². The zero-order chi connectivity index (χ0) is 33.7. The third kappa shape index (κ3) is 6.17. The van der Waals surface area contributed by atoms with Gasteiger partial charge in [-0.3, -0.25) is 0 Å². The van der Waals surface area contributed by atoms with E-state index in [0.717, 1.165) is 47.1 Å². The van der Waals surface area contributed by atoms with Crippen LogP contribution in [0.15, 0.2) is 178 Å². The maximum absolute atomic E-state index is 5.18. The molecule has 2 aromatic heterocycles. The van der Waals surface area contributed by atoms with Gasteiger partial charge in [0.15, 0.2) is 11.7 Å². The average Bonchev–Trinajstić information content (AvgIpc) is 3.71. The number of allylic oxidation sites excluding steroid dienone is 4. The van der Waals surface area contributed by atoms with Crippen molar-refractivity contribution in [2.75, 3.05) is 0 Å². The molecule has 2 heterocycles. The average molecular weight is 648 g/mol. The zero-order valence-electron chi connectivity index (χ0n) is 27.9. The minimum Gasteiger partial charge on any atom is -0.320 e. The Balaban J connectivity index is 1.15. The van der Waals surface area contributed by atoms with Crippen molar-refractivity contribution in [3.05, 3.63) is 180 Å². The van der Waals surface area contributed by atoms with Gasteiger partial charge in [-0.05, 0) is 67.4 Å². The summed E-state index contributed by atoms with van der Waals surface area (Å²) in [5.74, 6) is 1.27. The van der Waals surface area contributed by atoms with Gasteiger partial charge < -0.3 is 9.13 Å². The van der Waals surface area contributed by atoms with Crippen LogP contribution in [0.5, 0.6) is 0 Å². The minimum absolute atomic E-state index is 0.432. The van der Waals surface area contributed by atoms with Gasteiger partial charge >= 0.3 is 0 Å². The molecule has 0 amide bonds. The van der Waals surface area contributed by atoms with Crippen molar-refractivity contribution in [3.63, 3.8) is 0 Å². The van der Waals surface area contributed by atoms with Crippen LogP contribution in [0.1, 0.15) is 29.5 Å². The third-order valence-electron chi connectivity index (χ3n) is 9.32. The minimum atomic E-state index is 0.432. The van der Waals surface area contributed by atoms with Crippen molar-refractivity contribution in [1.82, 2.24) is 9.13 Å². The molecule has 8 rings (SSSR count). The van der Waals surface area contributed by atoms with Crippen molar-refractivity contribution in [3.8, 4) is 5.69 Å². The van der Waals surface area contributed by atoms with Crippen LogP contribution < -0.4 is 0 Å². The highest BCUT2D eigenvalue weighted by molar-refractivity contribution is 6.13. The Bertz CT molecular complexity index is 2490. The number of fused-ring (bicyclic) bond motifs is 4. The van der Waals surface area contributed by atoms with Crippen molar-refractivity contribution in [1.29, 1.82) is 0 Å². The molecule has 0 atom stereocenters. The summed E-state index contributed by atoms with van der Waals surface area (Å²) in [6.45, 7) is 4.26. The number of amidine groups is 2. The van der Waals surface area contributed by atoms with E-state index in [4.69, 9.17) is 9.98 Å². The topological polar surface area (TPSA) is 46.9 Å². The zero-order valence-corrected chi connectivity index (χ0v) is 27.9. The van der Waals surface area contributed by atoms with Crippen LogP contribution in [0.25, 0.3) is 44.5 Å². The second-order valence-corrected chi connectivity index (χ2v) is 12.5. The van der Waals surface area contributed by atoms with Gasteiger partial charge in [0.05, 0.1) is 16.6 Å². The molecule has 7 aromatic rings. The molecule has 0 spiro atoms. The number of para-hydroxylation sites is 3. The first-order valence-corrected chi connectivity index (χ1v) is 17.1. The molecule has 50 heavy (non-hydrogen) atoms. The second kappa shape index (κ2) is 14.0. The number of hydrogen-bond acceptors (Lipinski definition) is 1. The molecule has 5 aromatic carbocycles. The number of aromatic nitrogens is 2. The molecule has 242 valence electrons. The Kier molecular flexibility index (Phi) is 8.69. The Morgan fingerprint density at radius 1 is 0.720 bits per heavy atom. The Labute approximate surface area is 292 Å². The SMILES string of the molecule is C=NC(=N/C(=N\Cn1c2ccccc2c2ccc(C/C=C\c3cn(-c4ccccc4)c4ccccc34)cc21)C1=CC=CCC1)c1ccccc1. The number of hydrogen-bond donors (Lipinski definition) is 0. The molecular weight excluding hydrogens is 611 g/mol. The van der Waals surface area contributed by atoms with Gasteiger partial charge in [-0.1, -0.05) is 127 Å². The van der Waals surface area contributed by atoms with Crippen LogP contribution in [0.3, 0.4) is 0 Å². The van der Waals surface area contributed by atoms with E-state index in [9.17, 15) is 0 Å².